The van der Waals surface area contributed by atoms with Gasteiger partial charge in [-0.1, -0.05) is 19.0 Å². The molecule has 0 amide bonds. The predicted molar refractivity (Wildman–Crippen MR) is 65.1 cm³/mol. The van der Waals surface area contributed by atoms with Crippen molar-refractivity contribution < 1.29 is 14.6 Å². The van der Waals surface area contributed by atoms with Gasteiger partial charge in [0.2, 0.25) is 0 Å². The average Bonchev–Trinajstić information content (AvgIpc) is 2.15. The first-order valence-electron chi connectivity index (χ1n) is 5.31. The molecule has 0 aliphatic heterocycles. The van der Waals surface area contributed by atoms with E-state index in [0.29, 0.717) is 5.56 Å². The molecule has 0 aromatic heterocycles. The van der Waals surface area contributed by atoms with E-state index in [0.717, 1.165) is 5.46 Å². The lowest BCUT2D eigenvalue weighted by Gasteiger charge is -2.19. The first-order chi connectivity index (χ1) is 7.29. The summed E-state index contributed by atoms with van der Waals surface area (Å²) in [5, 5.41) is 9.32. The van der Waals surface area contributed by atoms with Crippen LogP contribution in [0.15, 0.2) is 24.3 Å². The highest BCUT2D eigenvalue weighted by Crippen LogP contribution is 2.11. The molecule has 0 bridgehead atoms. The second-order valence-corrected chi connectivity index (χ2v) is 4.80. The molecule has 0 aliphatic rings. The highest BCUT2D eigenvalue weighted by Gasteiger charge is 2.18. The molecule has 1 N–H and O–H groups in total. The van der Waals surface area contributed by atoms with E-state index in [4.69, 9.17) is 4.74 Å². The zero-order valence-electron chi connectivity index (χ0n) is 10.2. The fourth-order valence-corrected chi connectivity index (χ4v) is 1.23. The molecule has 0 heterocycles. The average molecular weight is 220 g/mol. The van der Waals surface area contributed by atoms with Crippen LogP contribution in [0.5, 0.6) is 0 Å². The molecule has 0 radical (unpaired) electrons. The first kappa shape index (κ1) is 12.8. The van der Waals surface area contributed by atoms with Gasteiger partial charge in [0.05, 0.1) is 5.56 Å². The normalized spacial score (nSPS) is 11.1. The predicted octanol–water partition coefficient (Wildman–Crippen LogP) is 1.46. The van der Waals surface area contributed by atoms with E-state index in [2.05, 4.69) is 0 Å². The van der Waals surface area contributed by atoms with Crippen LogP contribution < -0.4 is 5.46 Å². The highest BCUT2D eigenvalue weighted by molar-refractivity contribution is 6.64. The molecule has 16 heavy (non-hydrogen) atoms. The molecule has 0 atom stereocenters. The van der Waals surface area contributed by atoms with Gasteiger partial charge in [-0.3, -0.25) is 0 Å². The van der Waals surface area contributed by atoms with Crippen LogP contribution in [0.4, 0.5) is 0 Å². The van der Waals surface area contributed by atoms with Crippen molar-refractivity contribution in [1.29, 1.82) is 0 Å². The Kier molecular flexibility index (Phi) is 3.76. The summed E-state index contributed by atoms with van der Waals surface area (Å²) in [5.74, 6) is -0.343. The lowest BCUT2D eigenvalue weighted by Crippen LogP contribution is -2.27. The Morgan fingerprint density at radius 1 is 1.25 bits per heavy atom. The van der Waals surface area contributed by atoms with Crippen molar-refractivity contribution in [2.75, 3.05) is 0 Å². The Bertz CT molecular complexity index is 363. The van der Waals surface area contributed by atoms with Crippen LogP contribution in [0, 0.1) is 0 Å². The Balaban J connectivity index is 2.78. The molecule has 0 saturated heterocycles. The van der Waals surface area contributed by atoms with E-state index >= 15 is 0 Å². The third-order valence-electron chi connectivity index (χ3n) is 2.03. The molecule has 4 heteroatoms. The van der Waals surface area contributed by atoms with Gasteiger partial charge in [0.15, 0.2) is 0 Å². The summed E-state index contributed by atoms with van der Waals surface area (Å²) in [6.07, 6.45) is 0. The number of hydrogen-bond acceptors (Lipinski definition) is 3. The van der Waals surface area contributed by atoms with Crippen molar-refractivity contribution in [3.63, 3.8) is 0 Å². The van der Waals surface area contributed by atoms with Crippen molar-refractivity contribution in [1.82, 2.24) is 0 Å². The molecule has 3 nitrogen and oxygen atoms in total. The van der Waals surface area contributed by atoms with Crippen LogP contribution in [0.2, 0.25) is 6.82 Å². The number of rotatable bonds is 2. The summed E-state index contributed by atoms with van der Waals surface area (Å²) in [5.41, 5.74) is 0.798. The monoisotopic (exact) mass is 220 g/mol. The van der Waals surface area contributed by atoms with Gasteiger partial charge in [0.25, 0.3) is 0 Å². The lowest BCUT2D eigenvalue weighted by atomic mass is 9.64. The molecule has 0 saturated carbocycles. The number of benzene rings is 1. The Morgan fingerprint density at radius 2 is 1.75 bits per heavy atom. The van der Waals surface area contributed by atoms with Crippen LogP contribution in [0.25, 0.3) is 0 Å². The van der Waals surface area contributed by atoms with E-state index < -0.39 is 12.5 Å². The molecule has 0 fully saturated rings. The van der Waals surface area contributed by atoms with Crippen LogP contribution in [-0.4, -0.2) is 23.5 Å². The Labute approximate surface area is 96.5 Å². The number of ether oxygens (including phenoxy) is 1. The zero-order valence-corrected chi connectivity index (χ0v) is 10.2. The van der Waals surface area contributed by atoms with Crippen molar-refractivity contribution in [3.05, 3.63) is 29.8 Å². The maximum Gasteiger partial charge on any atom is 0.338 e. The van der Waals surface area contributed by atoms with Crippen molar-refractivity contribution >= 4 is 18.3 Å². The third-order valence-corrected chi connectivity index (χ3v) is 2.03. The number of carbonyl (C=O) groups is 1. The van der Waals surface area contributed by atoms with Crippen LogP contribution >= 0.6 is 0 Å². The SMILES string of the molecule is CB(O)c1ccc(C(=O)OC(C)(C)C)cc1. The number of carbonyl (C=O) groups excluding carboxylic acids is 1. The summed E-state index contributed by atoms with van der Waals surface area (Å²) in [6.45, 7) is 6.65. The second kappa shape index (κ2) is 4.70. The number of hydrogen-bond donors (Lipinski definition) is 1. The minimum Gasteiger partial charge on any atom is -0.456 e. The molecule has 0 aliphatic carbocycles. The maximum atomic E-state index is 11.7. The van der Waals surface area contributed by atoms with Gasteiger partial charge in [-0.25, -0.2) is 4.79 Å². The van der Waals surface area contributed by atoms with Gasteiger partial charge in [-0.2, -0.15) is 0 Å². The van der Waals surface area contributed by atoms with E-state index in [1.165, 1.54) is 0 Å². The zero-order chi connectivity index (χ0) is 12.3. The molecule has 1 rings (SSSR count). The van der Waals surface area contributed by atoms with Gasteiger partial charge < -0.3 is 9.76 Å². The largest absolute Gasteiger partial charge is 0.456 e. The molecule has 0 unspecified atom stereocenters. The quantitative estimate of drug-likeness (QED) is 0.606. The molecular weight excluding hydrogens is 203 g/mol. The topological polar surface area (TPSA) is 46.5 Å². The minimum absolute atomic E-state index is 0.343. The van der Waals surface area contributed by atoms with Gasteiger partial charge >= 0.3 is 12.9 Å². The van der Waals surface area contributed by atoms with Gasteiger partial charge in [-0.15, -0.1) is 0 Å². The first-order valence-corrected chi connectivity index (χ1v) is 5.31. The van der Waals surface area contributed by atoms with E-state index in [1.807, 2.05) is 20.8 Å². The van der Waals surface area contributed by atoms with Crippen LogP contribution in [-0.2, 0) is 4.74 Å². The lowest BCUT2D eigenvalue weighted by molar-refractivity contribution is 0.00696. The molecular formula is C12H17BO3. The highest BCUT2D eigenvalue weighted by atomic mass is 16.6. The molecule has 1 aromatic carbocycles. The van der Waals surface area contributed by atoms with E-state index in [9.17, 15) is 9.82 Å². The summed E-state index contributed by atoms with van der Waals surface area (Å²) in [7, 11) is 0. The van der Waals surface area contributed by atoms with Crippen LogP contribution in [0.3, 0.4) is 0 Å². The Morgan fingerprint density at radius 3 is 2.12 bits per heavy atom. The standard InChI is InChI=1S/C12H17BO3/c1-12(2,3)16-11(14)9-5-7-10(8-6-9)13(4)15/h5-8,15H,1-4H3. The van der Waals surface area contributed by atoms with Gasteiger partial charge in [-0.05, 0) is 38.4 Å². The summed E-state index contributed by atoms with van der Waals surface area (Å²) >= 11 is 0. The van der Waals surface area contributed by atoms with Crippen LogP contribution in [0.1, 0.15) is 31.1 Å². The van der Waals surface area contributed by atoms with Crippen molar-refractivity contribution in [2.24, 2.45) is 0 Å². The Hall–Kier alpha value is -1.29. The van der Waals surface area contributed by atoms with Crippen molar-refractivity contribution in [2.45, 2.75) is 33.2 Å². The molecule has 1 aromatic rings. The minimum atomic E-state index is -0.521. The molecule has 86 valence electrons. The smallest absolute Gasteiger partial charge is 0.338 e. The third kappa shape index (κ3) is 3.70. The fourth-order valence-electron chi connectivity index (χ4n) is 1.23. The van der Waals surface area contributed by atoms with Gasteiger partial charge in [0, 0.05) is 0 Å². The fraction of sp³-hybridized carbons (Fsp3) is 0.417. The maximum absolute atomic E-state index is 11.7. The van der Waals surface area contributed by atoms with Crippen molar-refractivity contribution in [3.8, 4) is 0 Å². The summed E-state index contributed by atoms with van der Waals surface area (Å²) in [6, 6.07) is 6.78. The van der Waals surface area contributed by atoms with E-state index in [1.54, 1.807) is 31.1 Å². The van der Waals surface area contributed by atoms with Gasteiger partial charge in [0.1, 0.15) is 5.60 Å². The second-order valence-electron chi connectivity index (χ2n) is 4.80. The van der Waals surface area contributed by atoms with E-state index in [-0.39, 0.29) is 5.97 Å². The molecule has 0 spiro atoms. The summed E-state index contributed by atoms with van der Waals surface area (Å²) in [4.78, 5) is 11.7. The summed E-state index contributed by atoms with van der Waals surface area (Å²) < 4.78 is 5.22. The number of esters is 1.